The summed E-state index contributed by atoms with van der Waals surface area (Å²) in [6, 6.07) is 7.68. The molecule has 1 aliphatic carbocycles. The van der Waals surface area contributed by atoms with Crippen molar-refractivity contribution >= 4 is 24.1 Å². The summed E-state index contributed by atoms with van der Waals surface area (Å²) in [5.41, 5.74) is 7.54. The molecule has 0 aromatic heterocycles. The zero-order valence-corrected chi connectivity index (χ0v) is 13.8. The van der Waals surface area contributed by atoms with E-state index in [1.54, 1.807) is 0 Å². The highest BCUT2D eigenvalue weighted by atomic mass is 35.5. The van der Waals surface area contributed by atoms with Crippen LogP contribution in [-0.2, 0) is 11.2 Å². The second-order valence-electron chi connectivity index (χ2n) is 5.72. The van der Waals surface area contributed by atoms with E-state index in [2.05, 4.69) is 12.2 Å². The third-order valence-corrected chi connectivity index (χ3v) is 4.05. The molecular formula is C17H25ClN2O2. The number of benzene rings is 1. The molecule has 3 N–H and O–H groups in total. The maximum Gasteiger partial charge on any atom is 0.220 e. The van der Waals surface area contributed by atoms with Gasteiger partial charge >= 0.3 is 0 Å². The maximum absolute atomic E-state index is 12.0. The molecule has 0 saturated heterocycles. The van der Waals surface area contributed by atoms with Crippen molar-refractivity contribution < 1.29 is 9.59 Å². The van der Waals surface area contributed by atoms with E-state index in [0.29, 0.717) is 18.0 Å². The van der Waals surface area contributed by atoms with E-state index >= 15 is 0 Å². The highest BCUT2D eigenvalue weighted by molar-refractivity contribution is 5.98. The lowest BCUT2D eigenvalue weighted by molar-refractivity contribution is -0.121. The van der Waals surface area contributed by atoms with Gasteiger partial charge in [-0.15, -0.1) is 12.4 Å². The Labute approximate surface area is 138 Å². The summed E-state index contributed by atoms with van der Waals surface area (Å²) in [6.07, 6.45) is 3.73. The van der Waals surface area contributed by atoms with Crippen LogP contribution >= 0.6 is 12.4 Å². The molecule has 4 nitrogen and oxygen atoms in total. The number of Topliss-reactive ketones (excluding diaryl/α,β-unsaturated/α-hetero) is 1. The van der Waals surface area contributed by atoms with Gasteiger partial charge < -0.3 is 11.1 Å². The van der Waals surface area contributed by atoms with Gasteiger partial charge in [0.1, 0.15) is 0 Å². The van der Waals surface area contributed by atoms with Gasteiger partial charge in [-0.05, 0) is 30.7 Å². The summed E-state index contributed by atoms with van der Waals surface area (Å²) >= 11 is 0. The molecule has 1 unspecified atom stereocenters. The van der Waals surface area contributed by atoms with E-state index in [0.717, 1.165) is 19.3 Å². The summed E-state index contributed by atoms with van der Waals surface area (Å²) in [4.78, 5) is 23.9. The monoisotopic (exact) mass is 324 g/mol. The highest BCUT2D eigenvalue weighted by Crippen LogP contribution is 2.32. The fourth-order valence-corrected chi connectivity index (χ4v) is 2.44. The third-order valence-electron chi connectivity index (χ3n) is 4.05. The van der Waals surface area contributed by atoms with Crippen LogP contribution in [0.3, 0.4) is 0 Å². The number of ketones is 1. The fraction of sp³-hybridized carbons (Fsp3) is 0.529. The first-order valence-electron chi connectivity index (χ1n) is 7.75. The zero-order chi connectivity index (χ0) is 15.2. The fourth-order valence-electron chi connectivity index (χ4n) is 2.44. The number of nitrogens with two attached hydrogens (primary N) is 1. The Morgan fingerprint density at radius 2 is 1.86 bits per heavy atom. The van der Waals surface area contributed by atoms with Crippen LogP contribution in [0.4, 0.5) is 0 Å². The molecule has 0 aliphatic heterocycles. The number of carbonyl (C=O) groups excluding carboxylic acids is 2. The summed E-state index contributed by atoms with van der Waals surface area (Å²) in [7, 11) is 0. The Morgan fingerprint density at radius 1 is 1.23 bits per heavy atom. The van der Waals surface area contributed by atoms with Crippen molar-refractivity contribution in [3.05, 3.63) is 35.4 Å². The van der Waals surface area contributed by atoms with Crippen molar-refractivity contribution in [2.75, 3.05) is 6.54 Å². The zero-order valence-electron chi connectivity index (χ0n) is 13.0. The van der Waals surface area contributed by atoms with E-state index < -0.39 is 0 Å². The number of nitrogens with one attached hydrogen (secondary N) is 1. The van der Waals surface area contributed by atoms with Crippen LogP contribution in [0.2, 0.25) is 0 Å². The standard InChI is InChI=1S/C17H24N2O2.ClH/c1-2-12-3-5-14(6-4-12)16(20)9-10-17(21)19-15(11-18)13-7-8-13;/h3-6,13,15H,2,7-11,18H2,1H3,(H,19,21);1H. The SMILES string of the molecule is CCc1ccc(C(=O)CCC(=O)NC(CN)C2CC2)cc1.Cl. The average molecular weight is 325 g/mol. The number of carbonyl (C=O) groups is 2. The van der Waals surface area contributed by atoms with Crippen LogP contribution < -0.4 is 11.1 Å². The quantitative estimate of drug-likeness (QED) is 0.722. The number of halogens is 1. The van der Waals surface area contributed by atoms with E-state index in [-0.39, 0.29) is 43.0 Å². The van der Waals surface area contributed by atoms with Gasteiger partial charge in [-0.3, -0.25) is 9.59 Å². The van der Waals surface area contributed by atoms with Crippen molar-refractivity contribution in [3.8, 4) is 0 Å². The molecule has 0 radical (unpaired) electrons. The second-order valence-corrected chi connectivity index (χ2v) is 5.72. The van der Waals surface area contributed by atoms with Gasteiger partial charge in [0, 0.05) is 31.0 Å². The summed E-state index contributed by atoms with van der Waals surface area (Å²) in [6.45, 7) is 2.55. The molecular weight excluding hydrogens is 300 g/mol. The minimum Gasteiger partial charge on any atom is -0.352 e. The highest BCUT2D eigenvalue weighted by Gasteiger charge is 2.31. The maximum atomic E-state index is 12.0. The van der Waals surface area contributed by atoms with Crippen molar-refractivity contribution in [1.29, 1.82) is 0 Å². The first-order chi connectivity index (χ1) is 10.1. The van der Waals surface area contributed by atoms with Crippen LogP contribution in [0.15, 0.2) is 24.3 Å². The Balaban J connectivity index is 0.00000242. The normalized spacial score (nSPS) is 14.8. The van der Waals surface area contributed by atoms with Gasteiger partial charge in [0.25, 0.3) is 0 Å². The lowest BCUT2D eigenvalue weighted by Gasteiger charge is -2.15. The Kier molecular flexibility index (Phi) is 7.56. The van der Waals surface area contributed by atoms with Crippen molar-refractivity contribution in [3.63, 3.8) is 0 Å². The molecule has 1 fully saturated rings. The van der Waals surface area contributed by atoms with Crippen molar-refractivity contribution in [2.24, 2.45) is 11.7 Å². The van der Waals surface area contributed by atoms with E-state index in [1.807, 2.05) is 24.3 Å². The van der Waals surface area contributed by atoms with Crippen LogP contribution in [-0.4, -0.2) is 24.3 Å². The number of rotatable bonds is 8. The predicted molar refractivity (Wildman–Crippen MR) is 90.3 cm³/mol. The minimum atomic E-state index is -0.0733. The lowest BCUT2D eigenvalue weighted by Crippen LogP contribution is -2.41. The number of amides is 1. The minimum absolute atomic E-state index is 0. The Hall–Kier alpha value is -1.39. The Morgan fingerprint density at radius 3 is 2.36 bits per heavy atom. The largest absolute Gasteiger partial charge is 0.352 e. The molecule has 1 aliphatic rings. The van der Waals surface area contributed by atoms with Gasteiger partial charge in [-0.1, -0.05) is 31.2 Å². The molecule has 122 valence electrons. The number of aryl methyl sites for hydroxylation is 1. The van der Waals surface area contributed by atoms with E-state index in [1.165, 1.54) is 5.56 Å². The average Bonchev–Trinajstić information content (AvgIpc) is 3.35. The van der Waals surface area contributed by atoms with Crippen molar-refractivity contribution in [2.45, 2.75) is 45.1 Å². The molecule has 1 atom stereocenters. The smallest absolute Gasteiger partial charge is 0.220 e. The number of hydrogen-bond donors (Lipinski definition) is 2. The summed E-state index contributed by atoms with van der Waals surface area (Å²) in [5, 5.41) is 2.94. The molecule has 5 heteroatoms. The van der Waals surface area contributed by atoms with Gasteiger partial charge in [-0.25, -0.2) is 0 Å². The van der Waals surface area contributed by atoms with Crippen LogP contribution in [0, 0.1) is 5.92 Å². The predicted octanol–water partition coefficient (Wildman–Crippen LogP) is 2.49. The molecule has 2 rings (SSSR count). The van der Waals surface area contributed by atoms with E-state index in [9.17, 15) is 9.59 Å². The third kappa shape index (κ3) is 5.43. The second kappa shape index (κ2) is 8.91. The molecule has 1 amide bonds. The molecule has 0 heterocycles. The Bertz CT molecular complexity index is 498. The van der Waals surface area contributed by atoms with Crippen LogP contribution in [0.5, 0.6) is 0 Å². The van der Waals surface area contributed by atoms with E-state index in [4.69, 9.17) is 5.73 Å². The van der Waals surface area contributed by atoms with Crippen LogP contribution in [0.25, 0.3) is 0 Å². The molecule has 1 aromatic carbocycles. The first-order valence-corrected chi connectivity index (χ1v) is 7.75. The first kappa shape index (κ1) is 18.7. The molecule has 1 aromatic rings. The van der Waals surface area contributed by atoms with Crippen LogP contribution in [0.1, 0.15) is 48.5 Å². The van der Waals surface area contributed by atoms with Gasteiger partial charge in [0.2, 0.25) is 5.91 Å². The molecule has 0 bridgehead atoms. The van der Waals surface area contributed by atoms with Crippen molar-refractivity contribution in [1.82, 2.24) is 5.32 Å². The summed E-state index contributed by atoms with van der Waals surface area (Å²) < 4.78 is 0. The lowest BCUT2D eigenvalue weighted by atomic mass is 10.0. The van der Waals surface area contributed by atoms with Gasteiger partial charge in [-0.2, -0.15) is 0 Å². The molecule has 0 spiro atoms. The topological polar surface area (TPSA) is 72.2 Å². The van der Waals surface area contributed by atoms with Gasteiger partial charge in [0.15, 0.2) is 5.78 Å². The summed E-state index contributed by atoms with van der Waals surface area (Å²) in [5.74, 6) is 0.482. The van der Waals surface area contributed by atoms with Gasteiger partial charge in [0.05, 0.1) is 0 Å². The molecule has 1 saturated carbocycles. The molecule has 22 heavy (non-hydrogen) atoms. The number of hydrogen-bond acceptors (Lipinski definition) is 3.